The lowest BCUT2D eigenvalue weighted by Gasteiger charge is -2.17. The fourth-order valence-corrected chi connectivity index (χ4v) is 1.84. The summed E-state index contributed by atoms with van der Waals surface area (Å²) in [5, 5.41) is 3.89. The summed E-state index contributed by atoms with van der Waals surface area (Å²) in [6.45, 7) is 6.06. The van der Waals surface area contributed by atoms with Gasteiger partial charge in [-0.15, -0.1) is 0 Å². The van der Waals surface area contributed by atoms with Crippen molar-refractivity contribution in [3.63, 3.8) is 0 Å². The lowest BCUT2D eigenvalue weighted by Crippen LogP contribution is -2.21. The molecule has 4 heteroatoms. The van der Waals surface area contributed by atoms with Gasteiger partial charge in [0.05, 0.1) is 11.4 Å². The largest absolute Gasteiger partial charge is 0.362 e. The minimum atomic E-state index is 0.236. The van der Waals surface area contributed by atoms with Crippen LogP contribution in [0.5, 0.6) is 0 Å². The molecule has 0 bridgehead atoms. The second kappa shape index (κ2) is 3.63. The third-order valence-corrected chi connectivity index (χ3v) is 3.44. The molecule has 1 heterocycles. The minimum absolute atomic E-state index is 0.236. The number of hydrogen-bond acceptors (Lipinski definition) is 3. The van der Waals surface area contributed by atoms with E-state index in [1.165, 1.54) is 12.8 Å². The van der Waals surface area contributed by atoms with Crippen LogP contribution in [0.25, 0.3) is 0 Å². The van der Waals surface area contributed by atoms with E-state index in [4.69, 9.17) is 11.6 Å². The Kier molecular flexibility index (Phi) is 2.59. The van der Waals surface area contributed by atoms with E-state index < -0.39 is 0 Å². The van der Waals surface area contributed by atoms with Gasteiger partial charge in [-0.2, -0.15) is 0 Å². The van der Waals surface area contributed by atoms with Crippen molar-refractivity contribution >= 4 is 17.4 Å². The number of aryl methyl sites for hydroxylation is 2. The first-order chi connectivity index (χ1) is 7.06. The Morgan fingerprint density at radius 2 is 1.87 bits per heavy atom. The van der Waals surface area contributed by atoms with Gasteiger partial charge in [-0.1, -0.05) is 18.5 Å². The minimum Gasteiger partial charge on any atom is -0.362 e. The first kappa shape index (κ1) is 10.7. The third-order valence-electron chi connectivity index (χ3n) is 3.18. The molecule has 1 aliphatic rings. The number of hydrogen-bond donors (Lipinski definition) is 1. The van der Waals surface area contributed by atoms with Crippen LogP contribution in [-0.2, 0) is 0 Å². The van der Waals surface area contributed by atoms with E-state index >= 15 is 0 Å². The Hall–Kier alpha value is -0.830. The van der Waals surface area contributed by atoms with Gasteiger partial charge in [0.1, 0.15) is 0 Å². The summed E-state index contributed by atoms with van der Waals surface area (Å²) < 4.78 is 0. The van der Waals surface area contributed by atoms with Crippen molar-refractivity contribution < 1.29 is 0 Å². The third kappa shape index (κ3) is 2.07. The highest BCUT2D eigenvalue weighted by Gasteiger charge is 2.41. The summed E-state index contributed by atoms with van der Waals surface area (Å²) in [6, 6.07) is 0. The lowest BCUT2D eigenvalue weighted by atomic mass is 10.2. The maximum atomic E-state index is 6.06. The van der Waals surface area contributed by atoms with Crippen molar-refractivity contribution in [3.8, 4) is 0 Å². The molecule has 2 rings (SSSR count). The van der Waals surface area contributed by atoms with Crippen molar-refractivity contribution in [1.82, 2.24) is 9.97 Å². The van der Waals surface area contributed by atoms with E-state index in [0.717, 1.165) is 23.6 Å². The summed E-state index contributed by atoms with van der Waals surface area (Å²) in [4.78, 5) is 8.70. The molecule has 0 radical (unpaired) electrons. The normalized spacial score (nSPS) is 17.6. The highest BCUT2D eigenvalue weighted by Crippen LogP contribution is 2.42. The first-order valence-corrected chi connectivity index (χ1v) is 5.73. The van der Waals surface area contributed by atoms with Gasteiger partial charge in [0.15, 0.2) is 11.0 Å². The molecule has 1 aromatic heterocycles. The monoisotopic (exact) mass is 225 g/mol. The number of aromatic nitrogens is 2. The molecule has 1 fully saturated rings. The summed E-state index contributed by atoms with van der Waals surface area (Å²) in [7, 11) is 0. The average Bonchev–Trinajstić information content (AvgIpc) is 2.95. The summed E-state index contributed by atoms with van der Waals surface area (Å²) in [5.41, 5.74) is 2.07. The van der Waals surface area contributed by atoms with Crippen LogP contribution < -0.4 is 5.32 Å². The molecule has 3 nitrogen and oxygen atoms in total. The Balaban J connectivity index is 2.25. The van der Waals surface area contributed by atoms with Gasteiger partial charge < -0.3 is 5.32 Å². The molecule has 1 aliphatic carbocycles. The van der Waals surface area contributed by atoms with Crippen LogP contribution in [0.4, 0.5) is 5.82 Å². The Bertz CT molecular complexity index is 386. The maximum Gasteiger partial charge on any atom is 0.171 e. The van der Waals surface area contributed by atoms with Crippen molar-refractivity contribution in [2.75, 3.05) is 5.32 Å². The molecule has 0 unspecified atom stereocenters. The zero-order valence-electron chi connectivity index (χ0n) is 9.39. The summed E-state index contributed by atoms with van der Waals surface area (Å²) >= 11 is 6.06. The van der Waals surface area contributed by atoms with Crippen molar-refractivity contribution in [2.24, 2.45) is 0 Å². The fourth-order valence-electron chi connectivity index (χ4n) is 1.62. The standard InChI is InChI=1S/C11H16ClN3/c1-4-11(5-6-11)15-10-9(12)13-7(2)8(3)14-10/h4-6H2,1-3H3,(H,14,15). The highest BCUT2D eigenvalue weighted by molar-refractivity contribution is 6.31. The number of nitrogens with one attached hydrogen (secondary N) is 1. The van der Waals surface area contributed by atoms with Crippen LogP contribution in [0.3, 0.4) is 0 Å². The van der Waals surface area contributed by atoms with Gasteiger partial charge in [-0.05, 0) is 33.1 Å². The maximum absolute atomic E-state index is 6.06. The number of rotatable bonds is 3. The molecule has 1 saturated carbocycles. The molecule has 0 saturated heterocycles. The van der Waals surface area contributed by atoms with Gasteiger partial charge in [0.2, 0.25) is 0 Å². The van der Waals surface area contributed by atoms with Crippen LogP contribution >= 0.6 is 11.6 Å². The molecule has 82 valence electrons. The average molecular weight is 226 g/mol. The zero-order valence-corrected chi connectivity index (χ0v) is 10.1. The van der Waals surface area contributed by atoms with E-state index in [1.807, 2.05) is 13.8 Å². The fraction of sp³-hybridized carbons (Fsp3) is 0.636. The van der Waals surface area contributed by atoms with Gasteiger partial charge in [0.25, 0.3) is 0 Å². The molecule has 0 atom stereocenters. The predicted molar refractivity (Wildman–Crippen MR) is 62.4 cm³/mol. The lowest BCUT2D eigenvalue weighted by molar-refractivity contribution is 0.696. The van der Waals surface area contributed by atoms with Crippen LogP contribution in [0.15, 0.2) is 0 Å². The highest BCUT2D eigenvalue weighted by atomic mass is 35.5. The van der Waals surface area contributed by atoms with Crippen LogP contribution in [-0.4, -0.2) is 15.5 Å². The SMILES string of the molecule is CCC1(Nc2nc(C)c(C)nc2Cl)CC1. The number of nitrogens with zero attached hydrogens (tertiary/aromatic N) is 2. The number of anilines is 1. The molecule has 0 amide bonds. The molecule has 0 spiro atoms. The Morgan fingerprint density at radius 3 is 2.40 bits per heavy atom. The molecule has 1 aromatic rings. The summed E-state index contributed by atoms with van der Waals surface area (Å²) in [5.74, 6) is 0.735. The van der Waals surface area contributed by atoms with E-state index in [1.54, 1.807) is 0 Å². The van der Waals surface area contributed by atoms with Gasteiger partial charge in [-0.25, -0.2) is 9.97 Å². The van der Waals surface area contributed by atoms with E-state index in [-0.39, 0.29) is 5.54 Å². The smallest absolute Gasteiger partial charge is 0.171 e. The molecular weight excluding hydrogens is 210 g/mol. The van der Waals surface area contributed by atoms with E-state index in [0.29, 0.717) is 5.15 Å². The van der Waals surface area contributed by atoms with E-state index in [2.05, 4.69) is 22.2 Å². The van der Waals surface area contributed by atoms with Crippen molar-refractivity contribution in [2.45, 2.75) is 45.6 Å². The Labute approximate surface area is 95.3 Å². The quantitative estimate of drug-likeness (QED) is 0.859. The van der Waals surface area contributed by atoms with Gasteiger partial charge in [0, 0.05) is 5.54 Å². The Morgan fingerprint density at radius 1 is 1.27 bits per heavy atom. The predicted octanol–water partition coefficient (Wildman–Crippen LogP) is 3.10. The van der Waals surface area contributed by atoms with Crippen LogP contribution in [0, 0.1) is 13.8 Å². The summed E-state index contributed by atoms with van der Waals surface area (Å²) in [6.07, 6.45) is 3.51. The molecule has 0 aliphatic heterocycles. The second-order valence-corrected chi connectivity index (χ2v) is 4.65. The molecular formula is C11H16ClN3. The topological polar surface area (TPSA) is 37.8 Å². The van der Waals surface area contributed by atoms with E-state index in [9.17, 15) is 0 Å². The zero-order chi connectivity index (χ0) is 11.1. The molecule has 1 N–H and O–H groups in total. The van der Waals surface area contributed by atoms with Gasteiger partial charge in [-0.3, -0.25) is 0 Å². The van der Waals surface area contributed by atoms with Crippen LogP contribution in [0.1, 0.15) is 37.6 Å². The molecule has 0 aromatic carbocycles. The van der Waals surface area contributed by atoms with Gasteiger partial charge >= 0.3 is 0 Å². The van der Waals surface area contributed by atoms with Crippen LogP contribution in [0.2, 0.25) is 5.15 Å². The van der Waals surface area contributed by atoms with Crippen molar-refractivity contribution in [1.29, 1.82) is 0 Å². The molecule has 15 heavy (non-hydrogen) atoms. The van der Waals surface area contributed by atoms with Crippen molar-refractivity contribution in [3.05, 3.63) is 16.5 Å². The second-order valence-electron chi connectivity index (χ2n) is 4.29. The first-order valence-electron chi connectivity index (χ1n) is 5.35. The number of halogens is 1.